The Labute approximate surface area is 104 Å². The highest BCUT2D eigenvalue weighted by atomic mass is 35.5. The Hall–Kier alpha value is -1.62. The van der Waals surface area contributed by atoms with Crippen molar-refractivity contribution >= 4 is 23.5 Å². The van der Waals surface area contributed by atoms with Crippen molar-refractivity contribution in [1.29, 1.82) is 0 Å². The molecule has 0 aliphatic carbocycles. The molecule has 0 radical (unpaired) electrons. The largest absolute Gasteiger partial charge is 0.466 e. The lowest BCUT2D eigenvalue weighted by Gasteiger charge is -2.04. The highest BCUT2D eigenvalue weighted by molar-refractivity contribution is 6.30. The second-order valence-corrected chi connectivity index (χ2v) is 3.61. The molecule has 0 aliphatic heterocycles. The second kappa shape index (κ2) is 6.85. The Morgan fingerprint density at radius 3 is 2.94 bits per heavy atom. The van der Waals surface area contributed by atoms with E-state index in [1.807, 2.05) is 0 Å². The molecule has 0 unspecified atom stereocenters. The summed E-state index contributed by atoms with van der Waals surface area (Å²) in [7, 11) is 0. The number of esters is 1. The van der Waals surface area contributed by atoms with Crippen molar-refractivity contribution in [2.45, 2.75) is 13.3 Å². The molecule has 5 nitrogen and oxygen atoms in total. The zero-order valence-corrected chi connectivity index (χ0v) is 10.2. The highest BCUT2D eigenvalue weighted by Gasteiger charge is 2.08. The molecule has 17 heavy (non-hydrogen) atoms. The van der Waals surface area contributed by atoms with Gasteiger partial charge in [0.1, 0.15) is 5.69 Å². The van der Waals surface area contributed by atoms with Crippen LogP contribution < -0.4 is 5.32 Å². The van der Waals surface area contributed by atoms with Crippen LogP contribution >= 0.6 is 11.6 Å². The number of halogens is 1. The average molecular weight is 257 g/mol. The van der Waals surface area contributed by atoms with Gasteiger partial charge in [-0.15, -0.1) is 0 Å². The predicted octanol–water partition coefficient (Wildman–Crippen LogP) is 1.42. The summed E-state index contributed by atoms with van der Waals surface area (Å²) < 4.78 is 4.72. The van der Waals surface area contributed by atoms with Crippen LogP contribution in [0.3, 0.4) is 0 Å². The number of nitrogens with one attached hydrogen (secondary N) is 1. The van der Waals surface area contributed by atoms with Crippen molar-refractivity contribution in [1.82, 2.24) is 10.3 Å². The zero-order chi connectivity index (χ0) is 12.7. The number of ether oxygens (including phenoxy) is 1. The van der Waals surface area contributed by atoms with Crippen molar-refractivity contribution in [3.8, 4) is 0 Å². The van der Waals surface area contributed by atoms with Gasteiger partial charge in [0, 0.05) is 17.8 Å². The molecule has 1 aromatic heterocycles. The van der Waals surface area contributed by atoms with Gasteiger partial charge in [-0.3, -0.25) is 14.6 Å². The summed E-state index contributed by atoms with van der Waals surface area (Å²) in [6, 6.07) is 3.04. The molecule has 1 heterocycles. The normalized spacial score (nSPS) is 9.76. The van der Waals surface area contributed by atoms with E-state index < -0.39 is 0 Å². The fourth-order valence-corrected chi connectivity index (χ4v) is 1.29. The Morgan fingerprint density at radius 1 is 1.53 bits per heavy atom. The Kier molecular flexibility index (Phi) is 5.42. The van der Waals surface area contributed by atoms with Crippen LogP contribution in [0.1, 0.15) is 23.8 Å². The molecular weight excluding hydrogens is 244 g/mol. The van der Waals surface area contributed by atoms with Gasteiger partial charge in [0.25, 0.3) is 5.91 Å². The molecular formula is C11H13ClN2O3. The van der Waals surface area contributed by atoms with Crippen LogP contribution in [0.4, 0.5) is 0 Å². The molecule has 0 atom stereocenters. The molecule has 0 spiro atoms. The third-order valence-corrected chi connectivity index (χ3v) is 2.11. The summed E-state index contributed by atoms with van der Waals surface area (Å²) in [4.78, 5) is 26.4. The number of pyridine rings is 1. The first-order valence-electron chi connectivity index (χ1n) is 5.19. The van der Waals surface area contributed by atoms with E-state index in [4.69, 9.17) is 16.3 Å². The van der Waals surface area contributed by atoms with E-state index in [0.717, 1.165) is 0 Å². The van der Waals surface area contributed by atoms with Crippen LogP contribution in [0.15, 0.2) is 18.3 Å². The van der Waals surface area contributed by atoms with Gasteiger partial charge in [-0.25, -0.2) is 0 Å². The van der Waals surface area contributed by atoms with Gasteiger partial charge < -0.3 is 10.1 Å². The van der Waals surface area contributed by atoms with Crippen molar-refractivity contribution in [3.05, 3.63) is 29.0 Å². The number of aromatic nitrogens is 1. The van der Waals surface area contributed by atoms with Gasteiger partial charge in [0.2, 0.25) is 0 Å². The third kappa shape index (κ3) is 4.82. The number of hydrogen-bond donors (Lipinski definition) is 1. The number of nitrogens with zero attached hydrogens (tertiary/aromatic N) is 1. The van der Waals surface area contributed by atoms with Gasteiger partial charge in [-0.1, -0.05) is 11.6 Å². The molecule has 0 fully saturated rings. The van der Waals surface area contributed by atoms with Gasteiger partial charge in [0.05, 0.1) is 13.0 Å². The van der Waals surface area contributed by atoms with Crippen molar-refractivity contribution in [3.63, 3.8) is 0 Å². The Balaban J connectivity index is 2.38. The van der Waals surface area contributed by atoms with E-state index in [-0.39, 0.29) is 30.5 Å². The molecule has 0 bridgehead atoms. The monoisotopic (exact) mass is 256 g/mol. The second-order valence-electron chi connectivity index (χ2n) is 3.17. The maximum Gasteiger partial charge on any atom is 0.307 e. The molecule has 1 aromatic rings. The average Bonchev–Trinajstić information content (AvgIpc) is 2.29. The van der Waals surface area contributed by atoms with Crippen LogP contribution in [0.5, 0.6) is 0 Å². The van der Waals surface area contributed by atoms with Gasteiger partial charge in [-0.05, 0) is 19.1 Å². The first-order chi connectivity index (χ1) is 8.13. The molecule has 1 N–H and O–H groups in total. The quantitative estimate of drug-likeness (QED) is 0.809. The lowest BCUT2D eigenvalue weighted by molar-refractivity contribution is -0.142. The highest BCUT2D eigenvalue weighted by Crippen LogP contribution is 2.07. The minimum atomic E-state index is -0.364. The molecule has 92 valence electrons. The number of hydrogen-bond acceptors (Lipinski definition) is 4. The number of rotatable bonds is 5. The minimum absolute atomic E-state index is 0.139. The Morgan fingerprint density at radius 2 is 2.29 bits per heavy atom. The van der Waals surface area contributed by atoms with E-state index in [1.54, 1.807) is 13.0 Å². The summed E-state index contributed by atoms with van der Waals surface area (Å²) >= 11 is 5.72. The van der Waals surface area contributed by atoms with Crippen LogP contribution in [-0.2, 0) is 9.53 Å². The SMILES string of the molecule is CCOC(=O)CCNC(=O)c1cc(Cl)ccn1. The number of amides is 1. The minimum Gasteiger partial charge on any atom is -0.466 e. The summed E-state index contributed by atoms with van der Waals surface area (Å²) in [5, 5.41) is 2.99. The van der Waals surface area contributed by atoms with Crippen LogP contribution in [-0.4, -0.2) is 30.0 Å². The molecule has 0 saturated heterocycles. The van der Waals surface area contributed by atoms with E-state index in [2.05, 4.69) is 10.3 Å². The predicted molar refractivity (Wildman–Crippen MR) is 62.8 cm³/mol. The molecule has 1 rings (SSSR count). The van der Waals surface area contributed by atoms with Crippen LogP contribution in [0.25, 0.3) is 0 Å². The van der Waals surface area contributed by atoms with E-state index in [0.29, 0.717) is 11.6 Å². The van der Waals surface area contributed by atoms with Crippen molar-refractivity contribution in [2.75, 3.05) is 13.2 Å². The molecule has 6 heteroatoms. The van der Waals surface area contributed by atoms with Crippen LogP contribution in [0, 0.1) is 0 Å². The first kappa shape index (κ1) is 13.4. The van der Waals surface area contributed by atoms with Gasteiger partial charge >= 0.3 is 5.97 Å². The number of carbonyl (C=O) groups excluding carboxylic acids is 2. The first-order valence-corrected chi connectivity index (χ1v) is 5.56. The summed E-state index contributed by atoms with van der Waals surface area (Å²) in [6.07, 6.45) is 1.59. The number of carbonyl (C=O) groups is 2. The topological polar surface area (TPSA) is 68.3 Å². The fraction of sp³-hybridized carbons (Fsp3) is 0.364. The van der Waals surface area contributed by atoms with E-state index in [1.165, 1.54) is 12.3 Å². The molecule has 0 aromatic carbocycles. The van der Waals surface area contributed by atoms with E-state index >= 15 is 0 Å². The smallest absolute Gasteiger partial charge is 0.307 e. The molecule has 0 saturated carbocycles. The van der Waals surface area contributed by atoms with Crippen LogP contribution in [0.2, 0.25) is 5.02 Å². The summed E-state index contributed by atoms with van der Waals surface area (Å²) in [6.45, 7) is 2.28. The maximum absolute atomic E-state index is 11.6. The van der Waals surface area contributed by atoms with Gasteiger partial charge in [0.15, 0.2) is 0 Å². The van der Waals surface area contributed by atoms with E-state index in [9.17, 15) is 9.59 Å². The molecule has 0 aliphatic rings. The lowest BCUT2D eigenvalue weighted by Crippen LogP contribution is -2.27. The third-order valence-electron chi connectivity index (χ3n) is 1.87. The van der Waals surface area contributed by atoms with Crippen molar-refractivity contribution < 1.29 is 14.3 Å². The molecule has 1 amide bonds. The fourth-order valence-electron chi connectivity index (χ4n) is 1.13. The summed E-state index contributed by atoms with van der Waals surface area (Å²) in [5.41, 5.74) is 0.223. The standard InChI is InChI=1S/C11H13ClN2O3/c1-2-17-10(15)4-6-14-11(16)9-7-8(12)3-5-13-9/h3,5,7H,2,4,6H2,1H3,(H,14,16). The summed E-state index contributed by atoms with van der Waals surface area (Å²) in [5.74, 6) is -0.705. The lowest BCUT2D eigenvalue weighted by atomic mass is 10.3. The maximum atomic E-state index is 11.6. The van der Waals surface area contributed by atoms with Gasteiger partial charge in [-0.2, -0.15) is 0 Å². The van der Waals surface area contributed by atoms with Crippen molar-refractivity contribution in [2.24, 2.45) is 0 Å². The Bertz CT molecular complexity index is 409. The zero-order valence-electron chi connectivity index (χ0n) is 9.40.